The standard InChI is InChI=1S/C18H17F3N4O6S2/c1-10(11-7-8-22-14(9-11)24-32(2,28)29)15-16(26)25(17(27)23-15)12-3-5-13(6-4-12)33(30,31)18(19,20)21/h3-10,15H,1-2H3,(H,22,24)(H,23,27). The molecule has 3 rings (SSSR count). The van der Waals surface area contributed by atoms with Gasteiger partial charge in [0.05, 0.1) is 16.8 Å². The zero-order valence-electron chi connectivity index (χ0n) is 17.0. The molecule has 1 aromatic carbocycles. The number of hydrogen-bond acceptors (Lipinski definition) is 7. The van der Waals surface area contributed by atoms with Crippen LogP contribution in [0.3, 0.4) is 0 Å². The molecule has 178 valence electrons. The van der Waals surface area contributed by atoms with E-state index < -0.39 is 54.2 Å². The third-order valence-electron chi connectivity index (χ3n) is 4.78. The Morgan fingerprint density at radius 3 is 2.24 bits per heavy atom. The third-order valence-corrected chi connectivity index (χ3v) is 6.86. The highest BCUT2D eigenvalue weighted by atomic mass is 32.2. The number of anilines is 2. The Morgan fingerprint density at radius 2 is 1.70 bits per heavy atom. The Kier molecular flexibility index (Phi) is 6.14. The number of benzene rings is 1. The lowest BCUT2D eigenvalue weighted by molar-refractivity contribution is -0.118. The maximum atomic E-state index is 12.9. The molecule has 3 amide bonds. The van der Waals surface area contributed by atoms with Crippen LogP contribution in [0.1, 0.15) is 18.4 Å². The lowest BCUT2D eigenvalue weighted by atomic mass is 9.94. The molecule has 0 radical (unpaired) electrons. The van der Waals surface area contributed by atoms with Crippen LogP contribution >= 0.6 is 0 Å². The molecule has 0 saturated carbocycles. The van der Waals surface area contributed by atoms with Gasteiger partial charge in [-0.1, -0.05) is 6.92 Å². The van der Waals surface area contributed by atoms with Crippen LogP contribution in [0, 0.1) is 0 Å². The summed E-state index contributed by atoms with van der Waals surface area (Å²) in [4.78, 5) is 28.8. The fourth-order valence-corrected chi connectivity index (χ4v) is 4.41. The van der Waals surface area contributed by atoms with Gasteiger partial charge >= 0.3 is 11.5 Å². The molecule has 0 spiro atoms. The average Bonchev–Trinajstić information content (AvgIpc) is 2.99. The number of hydrogen-bond donors (Lipinski definition) is 2. The number of alkyl halides is 3. The first-order valence-corrected chi connectivity index (χ1v) is 12.5. The second-order valence-electron chi connectivity index (χ2n) is 7.18. The molecule has 0 aliphatic carbocycles. The molecule has 15 heteroatoms. The minimum atomic E-state index is -5.58. The first-order chi connectivity index (χ1) is 15.1. The molecule has 1 fully saturated rings. The summed E-state index contributed by atoms with van der Waals surface area (Å²) in [5.41, 5.74) is -5.14. The van der Waals surface area contributed by atoms with Crippen LogP contribution in [0.5, 0.6) is 0 Å². The number of nitrogens with zero attached hydrogens (tertiary/aromatic N) is 2. The van der Waals surface area contributed by atoms with E-state index in [4.69, 9.17) is 0 Å². The van der Waals surface area contributed by atoms with Gasteiger partial charge in [-0.05, 0) is 42.0 Å². The molecule has 1 saturated heterocycles. The van der Waals surface area contributed by atoms with Gasteiger partial charge in [-0.25, -0.2) is 31.5 Å². The monoisotopic (exact) mass is 506 g/mol. The van der Waals surface area contributed by atoms with Gasteiger partial charge in [-0.3, -0.25) is 9.52 Å². The quantitative estimate of drug-likeness (QED) is 0.571. The summed E-state index contributed by atoms with van der Waals surface area (Å²) in [5.74, 6) is -1.36. The van der Waals surface area contributed by atoms with Crippen molar-refractivity contribution in [3.8, 4) is 0 Å². The average molecular weight is 506 g/mol. The Bertz CT molecular complexity index is 1310. The highest BCUT2D eigenvalue weighted by molar-refractivity contribution is 7.92. The fraction of sp³-hybridized carbons (Fsp3) is 0.278. The predicted octanol–water partition coefficient (Wildman–Crippen LogP) is 1.98. The van der Waals surface area contributed by atoms with Gasteiger partial charge in [-0.15, -0.1) is 0 Å². The van der Waals surface area contributed by atoms with Crippen LogP contribution in [0.15, 0.2) is 47.5 Å². The molecule has 2 N–H and O–H groups in total. The molecule has 2 heterocycles. The van der Waals surface area contributed by atoms with E-state index in [9.17, 15) is 39.6 Å². The summed E-state index contributed by atoms with van der Waals surface area (Å²) >= 11 is 0. The van der Waals surface area contributed by atoms with Crippen LogP contribution in [0.25, 0.3) is 0 Å². The van der Waals surface area contributed by atoms with Gasteiger partial charge in [0, 0.05) is 12.1 Å². The SMILES string of the molecule is CC(c1ccnc(NS(C)(=O)=O)c1)C1NC(=O)N(c2ccc(S(=O)(=O)C(F)(F)F)cc2)C1=O. The number of halogens is 3. The number of aromatic nitrogens is 1. The number of amides is 3. The minimum Gasteiger partial charge on any atom is -0.325 e. The summed E-state index contributed by atoms with van der Waals surface area (Å²) in [7, 11) is -9.18. The highest BCUT2D eigenvalue weighted by Crippen LogP contribution is 2.33. The van der Waals surface area contributed by atoms with E-state index in [0.29, 0.717) is 22.6 Å². The molecule has 2 atom stereocenters. The summed E-state index contributed by atoms with van der Waals surface area (Å²) < 4.78 is 86.1. The number of nitrogens with one attached hydrogen (secondary N) is 2. The van der Waals surface area contributed by atoms with Crippen molar-refractivity contribution in [2.75, 3.05) is 15.9 Å². The molecule has 10 nitrogen and oxygen atoms in total. The number of sulfonamides is 1. The van der Waals surface area contributed by atoms with Crippen LogP contribution < -0.4 is 14.9 Å². The Morgan fingerprint density at radius 1 is 1.09 bits per heavy atom. The molecule has 1 aliphatic heterocycles. The smallest absolute Gasteiger partial charge is 0.325 e. The van der Waals surface area contributed by atoms with E-state index in [1.54, 1.807) is 6.92 Å². The molecule has 1 aliphatic rings. The first kappa shape index (κ1) is 24.4. The first-order valence-electron chi connectivity index (χ1n) is 9.11. The molecular formula is C18H17F3N4O6S2. The van der Waals surface area contributed by atoms with Crippen molar-refractivity contribution in [2.24, 2.45) is 0 Å². The third kappa shape index (κ3) is 4.93. The summed E-state index contributed by atoms with van der Waals surface area (Å²) in [6.45, 7) is 1.60. The van der Waals surface area contributed by atoms with E-state index in [1.165, 1.54) is 18.3 Å². The zero-order valence-corrected chi connectivity index (χ0v) is 18.6. The lowest BCUT2D eigenvalue weighted by Crippen LogP contribution is -2.35. The molecule has 1 aromatic heterocycles. The second-order valence-corrected chi connectivity index (χ2v) is 10.9. The minimum absolute atomic E-state index is 0.0111. The summed E-state index contributed by atoms with van der Waals surface area (Å²) in [6.07, 6.45) is 2.26. The zero-order chi connectivity index (χ0) is 24.8. The molecular weight excluding hydrogens is 489 g/mol. The van der Waals surface area contributed by atoms with Gasteiger partial charge in [0.1, 0.15) is 11.9 Å². The summed E-state index contributed by atoms with van der Waals surface area (Å²) in [6, 6.07) is 4.13. The van der Waals surface area contributed by atoms with E-state index >= 15 is 0 Å². The number of sulfone groups is 1. The van der Waals surface area contributed by atoms with Crippen molar-refractivity contribution in [3.05, 3.63) is 48.2 Å². The van der Waals surface area contributed by atoms with E-state index in [0.717, 1.165) is 18.4 Å². The largest absolute Gasteiger partial charge is 0.501 e. The number of carbonyl (C=O) groups excluding carboxylic acids is 2. The highest BCUT2D eigenvalue weighted by Gasteiger charge is 2.47. The topological polar surface area (TPSA) is 143 Å². The molecule has 0 bridgehead atoms. The second kappa shape index (κ2) is 8.30. The van der Waals surface area contributed by atoms with Gasteiger partial charge in [-0.2, -0.15) is 13.2 Å². The van der Waals surface area contributed by atoms with Crippen LogP contribution in [0.4, 0.5) is 29.5 Å². The molecule has 2 unspecified atom stereocenters. The Balaban J connectivity index is 1.85. The summed E-state index contributed by atoms with van der Waals surface area (Å²) in [5, 5.41) is 2.47. The van der Waals surface area contributed by atoms with Gasteiger partial charge in [0.25, 0.3) is 15.7 Å². The Hall–Kier alpha value is -3.20. The number of imide groups is 1. The van der Waals surface area contributed by atoms with E-state index in [1.807, 2.05) is 0 Å². The van der Waals surface area contributed by atoms with Gasteiger partial charge in [0.2, 0.25) is 10.0 Å². The van der Waals surface area contributed by atoms with Crippen LogP contribution in [-0.2, 0) is 24.7 Å². The van der Waals surface area contributed by atoms with E-state index in [2.05, 4.69) is 15.0 Å². The fourth-order valence-electron chi connectivity index (χ4n) is 3.16. The maximum absolute atomic E-state index is 12.9. The lowest BCUT2D eigenvalue weighted by Gasteiger charge is -2.19. The van der Waals surface area contributed by atoms with Crippen molar-refractivity contribution in [1.82, 2.24) is 10.3 Å². The van der Waals surface area contributed by atoms with Crippen molar-refractivity contribution in [1.29, 1.82) is 0 Å². The van der Waals surface area contributed by atoms with Gasteiger partial charge in [0.15, 0.2) is 0 Å². The number of urea groups is 1. The van der Waals surface area contributed by atoms with Crippen molar-refractivity contribution in [3.63, 3.8) is 0 Å². The van der Waals surface area contributed by atoms with Crippen LogP contribution in [0.2, 0.25) is 0 Å². The predicted molar refractivity (Wildman–Crippen MR) is 111 cm³/mol. The van der Waals surface area contributed by atoms with Crippen molar-refractivity contribution < 1.29 is 39.6 Å². The molecule has 2 aromatic rings. The molecule has 33 heavy (non-hydrogen) atoms. The van der Waals surface area contributed by atoms with Crippen molar-refractivity contribution in [2.45, 2.75) is 29.3 Å². The number of pyridine rings is 1. The van der Waals surface area contributed by atoms with E-state index in [-0.39, 0.29) is 11.5 Å². The van der Waals surface area contributed by atoms with Crippen LogP contribution in [-0.4, -0.2) is 51.6 Å². The van der Waals surface area contributed by atoms with Gasteiger partial charge < -0.3 is 5.32 Å². The number of carbonyl (C=O) groups is 2. The maximum Gasteiger partial charge on any atom is 0.501 e. The Labute approximate surface area is 186 Å². The number of rotatable bonds is 6. The van der Waals surface area contributed by atoms with Crippen molar-refractivity contribution >= 4 is 43.3 Å². The normalized spacial score (nSPS) is 18.2.